The minimum atomic E-state index is -0.531. The van der Waals surface area contributed by atoms with Crippen molar-refractivity contribution in [2.24, 2.45) is 0 Å². The summed E-state index contributed by atoms with van der Waals surface area (Å²) in [5.74, 6) is 0.0309. The van der Waals surface area contributed by atoms with Crippen molar-refractivity contribution in [3.05, 3.63) is 64.1 Å². The Morgan fingerprint density at radius 3 is 2.82 bits per heavy atom. The van der Waals surface area contributed by atoms with Gasteiger partial charge in [-0.05, 0) is 43.4 Å². The molecule has 0 unspecified atom stereocenters. The molecule has 0 saturated heterocycles. The molecule has 0 spiro atoms. The van der Waals surface area contributed by atoms with Crippen molar-refractivity contribution in [1.82, 2.24) is 0 Å². The second-order valence-corrected chi connectivity index (χ2v) is 7.39. The number of thiophene rings is 1. The Bertz CT molecular complexity index is 1020. The van der Waals surface area contributed by atoms with E-state index in [0.29, 0.717) is 28.5 Å². The lowest BCUT2D eigenvalue weighted by Gasteiger charge is -2.09. The number of rotatable bonds is 6. The fourth-order valence-corrected chi connectivity index (χ4v) is 4.36. The molecule has 2 aromatic rings. The van der Waals surface area contributed by atoms with E-state index >= 15 is 0 Å². The third kappa shape index (κ3) is 4.14. The van der Waals surface area contributed by atoms with E-state index in [4.69, 9.17) is 4.74 Å². The lowest BCUT2D eigenvalue weighted by molar-refractivity contribution is -0.112. The first kappa shape index (κ1) is 19.4. The van der Waals surface area contributed by atoms with Gasteiger partial charge in [0.25, 0.3) is 5.91 Å². The van der Waals surface area contributed by atoms with Gasteiger partial charge in [0, 0.05) is 10.4 Å². The number of nitriles is 2. The molecule has 0 saturated carbocycles. The van der Waals surface area contributed by atoms with E-state index in [2.05, 4.69) is 18.0 Å². The van der Waals surface area contributed by atoms with Crippen LogP contribution in [-0.2, 0) is 17.6 Å². The number of hydrogen-bond donors (Lipinski definition) is 1. The van der Waals surface area contributed by atoms with Crippen LogP contribution in [0.1, 0.15) is 34.4 Å². The van der Waals surface area contributed by atoms with Crippen molar-refractivity contribution < 1.29 is 9.53 Å². The molecule has 0 atom stereocenters. The summed E-state index contributed by atoms with van der Waals surface area (Å²) >= 11 is 1.44. The smallest absolute Gasteiger partial charge is 0.266 e. The molecule has 28 heavy (non-hydrogen) atoms. The van der Waals surface area contributed by atoms with Crippen molar-refractivity contribution in [1.29, 1.82) is 10.5 Å². The highest BCUT2D eigenvalue weighted by Gasteiger charge is 2.22. The van der Waals surface area contributed by atoms with Gasteiger partial charge in [-0.15, -0.1) is 11.3 Å². The average molecular weight is 389 g/mol. The number of anilines is 1. The highest BCUT2D eigenvalue weighted by atomic mass is 32.1. The topological polar surface area (TPSA) is 85.9 Å². The van der Waals surface area contributed by atoms with Gasteiger partial charge in [-0.25, -0.2) is 0 Å². The molecule has 1 aromatic carbocycles. The van der Waals surface area contributed by atoms with Gasteiger partial charge in [-0.1, -0.05) is 30.9 Å². The van der Waals surface area contributed by atoms with Crippen LogP contribution < -0.4 is 10.1 Å². The molecule has 1 aromatic heterocycles. The Labute approximate surface area is 168 Å². The number of amides is 1. The van der Waals surface area contributed by atoms with Crippen LogP contribution >= 0.6 is 11.3 Å². The molecule has 1 N–H and O–H groups in total. The molecule has 0 fully saturated rings. The van der Waals surface area contributed by atoms with E-state index in [1.165, 1.54) is 17.4 Å². The predicted octanol–water partition coefficient (Wildman–Crippen LogP) is 4.61. The summed E-state index contributed by atoms with van der Waals surface area (Å²) in [5, 5.41) is 22.3. The Morgan fingerprint density at radius 1 is 1.29 bits per heavy atom. The largest absolute Gasteiger partial charge is 0.489 e. The molecule has 5 nitrogen and oxygen atoms in total. The van der Waals surface area contributed by atoms with Gasteiger partial charge in [0.15, 0.2) is 0 Å². The summed E-state index contributed by atoms with van der Waals surface area (Å²) in [6.45, 7) is 3.94. The van der Waals surface area contributed by atoms with Crippen molar-refractivity contribution >= 4 is 28.3 Å². The molecule has 1 aliphatic rings. The van der Waals surface area contributed by atoms with Gasteiger partial charge >= 0.3 is 0 Å². The summed E-state index contributed by atoms with van der Waals surface area (Å²) < 4.78 is 5.58. The van der Waals surface area contributed by atoms with Crippen LogP contribution in [0.2, 0.25) is 0 Å². The third-order valence-electron chi connectivity index (χ3n) is 4.45. The predicted molar refractivity (Wildman–Crippen MR) is 110 cm³/mol. The lowest BCUT2D eigenvalue weighted by atomic mass is 9.96. The number of aryl methyl sites for hydroxylation is 1. The number of para-hydroxylation sites is 1. The van der Waals surface area contributed by atoms with Crippen molar-refractivity contribution in [3.8, 4) is 17.9 Å². The minimum Gasteiger partial charge on any atom is -0.489 e. The quantitative estimate of drug-likeness (QED) is 0.444. The zero-order valence-corrected chi connectivity index (χ0v) is 16.1. The van der Waals surface area contributed by atoms with Crippen LogP contribution in [0.15, 0.2) is 42.5 Å². The van der Waals surface area contributed by atoms with Crippen LogP contribution in [0.4, 0.5) is 5.00 Å². The second-order valence-electron chi connectivity index (χ2n) is 6.29. The number of fused-ring (bicyclic) bond motifs is 1. The number of benzene rings is 1. The van der Waals surface area contributed by atoms with E-state index < -0.39 is 5.91 Å². The first-order chi connectivity index (χ1) is 13.7. The Hall–Kier alpha value is -3.35. The average Bonchev–Trinajstić information content (AvgIpc) is 3.07. The molecule has 1 heterocycles. The van der Waals surface area contributed by atoms with Crippen molar-refractivity contribution in [2.75, 3.05) is 11.9 Å². The van der Waals surface area contributed by atoms with Crippen LogP contribution in [-0.4, -0.2) is 12.5 Å². The molecular formula is C22H19N3O2S. The van der Waals surface area contributed by atoms with Gasteiger partial charge in [0.05, 0.1) is 5.56 Å². The number of carbonyl (C=O) groups excluding carboxylic acids is 1. The normalized spacial score (nSPS) is 13.0. The molecular weight excluding hydrogens is 370 g/mol. The molecule has 3 rings (SSSR count). The maximum absolute atomic E-state index is 12.7. The van der Waals surface area contributed by atoms with Gasteiger partial charge in [0.1, 0.15) is 35.1 Å². The SMILES string of the molecule is C=CCOc1ccccc1/C=C(\C#N)C(=O)Nc1sc2c(c1C#N)CCCC2. The Balaban J connectivity index is 1.87. The minimum absolute atomic E-state index is 0.0510. The molecule has 1 amide bonds. The van der Waals surface area contributed by atoms with E-state index in [1.54, 1.807) is 24.3 Å². The first-order valence-corrected chi connectivity index (χ1v) is 9.80. The fraction of sp³-hybridized carbons (Fsp3) is 0.227. The highest BCUT2D eigenvalue weighted by molar-refractivity contribution is 7.16. The lowest BCUT2D eigenvalue weighted by Crippen LogP contribution is -2.13. The molecule has 0 radical (unpaired) electrons. The number of nitrogens with zero attached hydrogens (tertiary/aromatic N) is 2. The summed E-state index contributed by atoms with van der Waals surface area (Å²) in [5.41, 5.74) is 2.15. The van der Waals surface area contributed by atoms with E-state index in [9.17, 15) is 15.3 Å². The van der Waals surface area contributed by atoms with Gasteiger partial charge in [-0.3, -0.25) is 4.79 Å². The summed E-state index contributed by atoms with van der Waals surface area (Å²) in [7, 11) is 0. The number of ether oxygens (including phenoxy) is 1. The van der Waals surface area contributed by atoms with Crippen LogP contribution in [0.3, 0.4) is 0 Å². The van der Waals surface area contributed by atoms with Gasteiger partial charge in [-0.2, -0.15) is 10.5 Å². The zero-order valence-electron chi connectivity index (χ0n) is 15.3. The third-order valence-corrected chi connectivity index (χ3v) is 5.66. The maximum atomic E-state index is 12.7. The molecule has 1 aliphatic carbocycles. The van der Waals surface area contributed by atoms with E-state index in [0.717, 1.165) is 36.1 Å². The maximum Gasteiger partial charge on any atom is 0.266 e. The van der Waals surface area contributed by atoms with Crippen LogP contribution in [0.5, 0.6) is 5.75 Å². The molecule has 140 valence electrons. The fourth-order valence-electron chi connectivity index (χ4n) is 3.13. The monoisotopic (exact) mass is 389 g/mol. The van der Waals surface area contributed by atoms with Crippen LogP contribution in [0.25, 0.3) is 6.08 Å². The summed E-state index contributed by atoms with van der Waals surface area (Å²) in [6, 6.07) is 11.3. The molecule has 6 heteroatoms. The molecule has 0 bridgehead atoms. The second kappa shape index (κ2) is 9.03. The summed E-state index contributed by atoms with van der Waals surface area (Å²) in [6.07, 6.45) is 7.06. The van der Waals surface area contributed by atoms with E-state index in [1.807, 2.05) is 12.1 Å². The van der Waals surface area contributed by atoms with Gasteiger partial charge in [0.2, 0.25) is 0 Å². The molecule has 0 aliphatic heterocycles. The zero-order chi connectivity index (χ0) is 19.9. The number of carbonyl (C=O) groups is 1. The Kier molecular flexibility index (Phi) is 6.26. The van der Waals surface area contributed by atoms with Crippen molar-refractivity contribution in [2.45, 2.75) is 25.7 Å². The first-order valence-electron chi connectivity index (χ1n) is 8.98. The number of hydrogen-bond acceptors (Lipinski definition) is 5. The van der Waals surface area contributed by atoms with Gasteiger partial charge < -0.3 is 10.1 Å². The highest BCUT2D eigenvalue weighted by Crippen LogP contribution is 2.37. The standard InChI is InChI=1S/C22H19N3O2S/c1-2-11-27-19-9-5-3-7-15(19)12-16(13-23)21(26)25-22-18(14-24)17-8-4-6-10-20(17)28-22/h2-3,5,7,9,12H,1,4,6,8,10-11H2,(H,25,26)/b16-12+. The van der Waals surface area contributed by atoms with Crippen molar-refractivity contribution in [3.63, 3.8) is 0 Å². The number of nitrogens with one attached hydrogen (secondary N) is 1. The Morgan fingerprint density at radius 2 is 2.07 bits per heavy atom. The van der Waals surface area contributed by atoms with Crippen LogP contribution in [0, 0.1) is 22.7 Å². The summed E-state index contributed by atoms with van der Waals surface area (Å²) in [4.78, 5) is 13.8. The van der Waals surface area contributed by atoms with E-state index in [-0.39, 0.29) is 5.57 Å².